The fraction of sp³-hybridized carbons (Fsp3) is 0.450. The summed E-state index contributed by atoms with van der Waals surface area (Å²) in [5, 5.41) is 2.93. The summed E-state index contributed by atoms with van der Waals surface area (Å²) in [6.45, 7) is 3.40. The zero-order valence-corrected chi connectivity index (χ0v) is 14.6. The quantitative estimate of drug-likeness (QED) is 0.849. The van der Waals surface area contributed by atoms with Gasteiger partial charge in [-0.15, -0.1) is 0 Å². The van der Waals surface area contributed by atoms with Crippen molar-refractivity contribution in [3.8, 4) is 0 Å². The van der Waals surface area contributed by atoms with E-state index in [-0.39, 0.29) is 11.9 Å². The van der Waals surface area contributed by atoms with E-state index in [1.165, 1.54) is 24.1 Å². The number of carbonyl (C=O) groups is 1. The Morgan fingerprint density at radius 3 is 2.96 bits per heavy atom. The van der Waals surface area contributed by atoms with Crippen LogP contribution >= 0.6 is 0 Å². The molecule has 5 nitrogen and oxygen atoms in total. The Kier molecular flexibility index (Phi) is 4.25. The van der Waals surface area contributed by atoms with Crippen LogP contribution in [0.1, 0.15) is 41.4 Å². The third-order valence-electron chi connectivity index (χ3n) is 5.37. The topological polar surface area (TPSA) is 71.5 Å². The van der Waals surface area contributed by atoms with Gasteiger partial charge in [-0.3, -0.25) is 4.79 Å². The maximum atomic E-state index is 12.5. The summed E-state index contributed by atoms with van der Waals surface area (Å²) in [4.78, 5) is 14.8. The highest BCUT2D eigenvalue weighted by molar-refractivity contribution is 5.93. The fourth-order valence-corrected chi connectivity index (χ4v) is 3.70. The van der Waals surface area contributed by atoms with Crippen molar-refractivity contribution in [1.29, 1.82) is 0 Å². The molecule has 0 spiro atoms. The second kappa shape index (κ2) is 6.56. The summed E-state index contributed by atoms with van der Waals surface area (Å²) in [5.74, 6) is 0.800. The molecule has 2 unspecified atom stereocenters. The maximum absolute atomic E-state index is 12.5. The minimum atomic E-state index is -0.170. The van der Waals surface area contributed by atoms with Gasteiger partial charge < -0.3 is 20.4 Å². The van der Waals surface area contributed by atoms with Gasteiger partial charge in [0.15, 0.2) is 5.76 Å². The van der Waals surface area contributed by atoms with Crippen molar-refractivity contribution >= 4 is 11.6 Å². The summed E-state index contributed by atoms with van der Waals surface area (Å²) in [5.41, 5.74) is 9.60. The van der Waals surface area contributed by atoms with Gasteiger partial charge in [0, 0.05) is 36.4 Å². The molecule has 1 aliphatic carbocycles. The van der Waals surface area contributed by atoms with Crippen LogP contribution in [0.4, 0.5) is 5.69 Å². The van der Waals surface area contributed by atoms with Gasteiger partial charge in [-0.2, -0.15) is 0 Å². The Balaban J connectivity index is 1.45. The lowest BCUT2D eigenvalue weighted by Gasteiger charge is -2.24. The number of furan rings is 1. The predicted octanol–water partition coefficient (Wildman–Crippen LogP) is 2.70. The summed E-state index contributed by atoms with van der Waals surface area (Å²) in [6.07, 6.45) is 4.98. The average Bonchev–Trinajstić information content (AvgIpc) is 3.28. The van der Waals surface area contributed by atoms with Crippen molar-refractivity contribution in [1.82, 2.24) is 5.32 Å². The van der Waals surface area contributed by atoms with Crippen LogP contribution in [0.15, 0.2) is 41.0 Å². The smallest absolute Gasteiger partial charge is 0.287 e. The van der Waals surface area contributed by atoms with E-state index in [0.29, 0.717) is 30.8 Å². The van der Waals surface area contributed by atoms with Crippen molar-refractivity contribution in [2.45, 2.75) is 44.8 Å². The number of rotatable bonds is 6. The first-order valence-corrected chi connectivity index (χ1v) is 9.08. The minimum absolute atomic E-state index is 0.0489. The Bertz CT molecular complexity index is 766. The lowest BCUT2D eigenvalue weighted by Crippen LogP contribution is -2.39. The Morgan fingerprint density at radius 1 is 1.36 bits per heavy atom. The van der Waals surface area contributed by atoms with Gasteiger partial charge in [0.1, 0.15) is 0 Å². The van der Waals surface area contributed by atoms with E-state index in [1.807, 2.05) is 6.07 Å². The van der Waals surface area contributed by atoms with Gasteiger partial charge in [0.05, 0.1) is 6.26 Å². The monoisotopic (exact) mass is 339 g/mol. The minimum Gasteiger partial charge on any atom is -0.459 e. The molecule has 5 heteroatoms. The van der Waals surface area contributed by atoms with Crippen LogP contribution in [-0.2, 0) is 13.0 Å². The lowest BCUT2D eigenvalue weighted by atomic mass is 10.1. The van der Waals surface area contributed by atoms with E-state index in [1.54, 1.807) is 6.26 Å². The standard InChI is InChI=1S/C20H25N3O2/c1-13-10-15-4-2-3-5-18(15)23(13)12-16-8-9-25-19(16)20(24)22-11-17(21)14-6-7-14/h2-5,8-9,13-14,17H,6-7,10-12,21H2,1H3,(H,22,24). The number of anilines is 1. The number of nitrogens with two attached hydrogens (primary N) is 1. The number of benzene rings is 1. The van der Waals surface area contributed by atoms with E-state index < -0.39 is 0 Å². The van der Waals surface area contributed by atoms with Crippen molar-refractivity contribution in [2.24, 2.45) is 11.7 Å². The van der Waals surface area contributed by atoms with E-state index in [2.05, 4.69) is 41.4 Å². The van der Waals surface area contributed by atoms with Crippen LogP contribution in [0, 0.1) is 5.92 Å². The zero-order valence-electron chi connectivity index (χ0n) is 14.6. The molecule has 4 rings (SSSR count). The number of carbonyl (C=O) groups excluding carboxylic acids is 1. The van der Waals surface area contributed by atoms with Crippen LogP contribution in [-0.4, -0.2) is 24.5 Å². The van der Waals surface area contributed by atoms with Crippen molar-refractivity contribution in [2.75, 3.05) is 11.4 Å². The third-order valence-corrected chi connectivity index (χ3v) is 5.37. The number of fused-ring (bicyclic) bond motifs is 1. The maximum Gasteiger partial charge on any atom is 0.287 e. The van der Waals surface area contributed by atoms with Crippen LogP contribution in [0.5, 0.6) is 0 Å². The highest BCUT2D eigenvalue weighted by Crippen LogP contribution is 2.34. The molecule has 3 N–H and O–H groups in total. The molecule has 132 valence electrons. The molecule has 1 aromatic carbocycles. The molecule has 1 amide bonds. The number of hydrogen-bond donors (Lipinski definition) is 2. The molecule has 0 bridgehead atoms. The number of amides is 1. The summed E-state index contributed by atoms with van der Waals surface area (Å²) in [6, 6.07) is 10.8. The Hall–Kier alpha value is -2.27. The first-order valence-electron chi connectivity index (χ1n) is 9.08. The van der Waals surface area contributed by atoms with Crippen LogP contribution in [0.2, 0.25) is 0 Å². The second-order valence-corrected chi connectivity index (χ2v) is 7.30. The zero-order chi connectivity index (χ0) is 17.4. The van der Waals surface area contributed by atoms with Crippen LogP contribution in [0.3, 0.4) is 0 Å². The van der Waals surface area contributed by atoms with Crippen LogP contribution < -0.4 is 16.0 Å². The van der Waals surface area contributed by atoms with E-state index in [0.717, 1.165) is 12.0 Å². The molecule has 1 aromatic heterocycles. The molecule has 0 radical (unpaired) electrons. The first-order chi connectivity index (χ1) is 12.1. The first kappa shape index (κ1) is 16.2. The SMILES string of the molecule is CC1Cc2ccccc2N1Cc1ccoc1C(=O)NCC(N)C1CC1. The molecule has 2 aliphatic rings. The summed E-state index contributed by atoms with van der Waals surface area (Å²) < 4.78 is 5.49. The molecule has 2 heterocycles. The molecule has 2 atom stereocenters. The number of para-hydroxylation sites is 1. The van der Waals surface area contributed by atoms with Gasteiger partial charge in [0.25, 0.3) is 5.91 Å². The van der Waals surface area contributed by atoms with Gasteiger partial charge >= 0.3 is 0 Å². The molecule has 1 fully saturated rings. The fourth-order valence-electron chi connectivity index (χ4n) is 3.70. The largest absolute Gasteiger partial charge is 0.459 e. The van der Waals surface area contributed by atoms with Gasteiger partial charge in [0.2, 0.25) is 0 Å². The van der Waals surface area contributed by atoms with E-state index >= 15 is 0 Å². The van der Waals surface area contributed by atoms with Crippen molar-refractivity contribution in [3.63, 3.8) is 0 Å². The Morgan fingerprint density at radius 2 is 2.16 bits per heavy atom. The molecule has 0 saturated heterocycles. The summed E-state index contributed by atoms with van der Waals surface area (Å²) >= 11 is 0. The van der Waals surface area contributed by atoms with E-state index in [9.17, 15) is 4.79 Å². The van der Waals surface area contributed by atoms with Crippen molar-refractivity contribution in [3.05, 3.63) is 53.5 Å². The van der Waals surface area contributed by atoms with Gasteiger partial charge in [-0.25, -0.2) is 0 Å². The van der Waals surface area contributed by atoms with Crippen LogP contribution in [0.25, 0.3) is 0 Å². The highest BCUT2D eigenvalue weighted by atomic mass is 16.3. The van der Waals surface area contributed by atoms with Gasteiger partial charge in [-0.05, 0) is 49.8 Å². The number of hydrogen-bond acceptors (Lipinski definition) is 4. The molecule has 1 aliphatic heterocycles. The third kappa shape index (κ3) is 3.29. The molecule has 1 saturated carbocycles. The molecular formula is C20H25N3O2. The van der Waals surface area contributed by atoms with Gasteiger partial charge in [-0.1, -0.05) is 18.2 Å². The molecule has 25 heavy (non-hydrogen) atoms. The average molecular weight is 339 g/mol. The Labute approximate surface area is 148 Å². The number of nitrogens with one attached hydrogen (secondary N) is 1. The lowest BCUT2D eigenvalue weighted by molar-refractivity contribution is 0.0921. The van der Waals surface area contributed by atoms with Crippen molar-refractivity contribution < 1.29 is 9.21 Å². The number of nitrogens with zero attached hydrogens (tertiary/aromatic N) is 1. The highest BCUT2D eigenvalue weighted by Gasteiger charge is 2.30. The predicted molar refractivity (Wildman–Crippen MR) is 97.5 cm³/mol. The van der Waals surface area contributed by atoms with E-state index in [4.69, 9.17) is 10.2 Å². The summed E-state index contributed by atoms with van der Waals surface area (Å²) in [7, 11) is 0. The molecular weight excluding hydrogens is 314 g/mol. The second-order valence-electron chi connectivity index (χ2n) is 7.30. The normalized spacial score (nSPS) is 20.4. The molecule has 2 aromatic rings.